The van der Waals surface area contributed by atoms with Crippen LogP contribution in [0.5, 0.6) is 0 Å². The first-order chi connectivity index (χ1) is 19.6. The van der Waals surface area contributed by atoms with Gasteiger partial charge in [0.2, 0.25) is 0 Å². The quantitative estimate of drug-likeness (QED) is 0.338. The van der Waals surface area contributed by atoms with Crippen LogP contribution in [0.25, 0.3) is 11.6 Å². The molecule has 0 bridgehead atoms. The molecule has 1 amide bonds. The van der Waals surface area contributed by atoms with Crippen molar-refractivity contribution in [3.05, 3.63) is 118 Å². The molecule has 0 aromatic heterocycles. The van der Waals surface area contributed by atoms with Crippen LogP contribution in [-0.2, 0) is 35.5 Å². The number of fused-ring (bicyclic) bond motifs is 2. The van der Waals surface area contributed by atoms with Gasteiger partial charge in [-0.3, -0.25) is 9.69 Å². The SMILES string of the molecule is O=C(/C=C/c1ccc(CN(CCOC(=O)N2CCc3ccccc3C2)CCC2=CCc3ccccc32)cc1)CO. The highest BCUT2D eigenvalue weighted by Gasteiger charge is 2.22. The fourth-order valence-corrected chi connectivity index (χ4v) is 5.38. The Morgan fingerprint density at radius 3 is 2.48 bits per heavy atom. The average molecular weight is 537 g/mol. The number of allylic oxidation sites excluding steroid dienone is 1. The maximum atomic E-state index is 12.9. The normalized spacial score (nSPS) is 14.2. The van der Waals surface area contributed by atoms with Crippen molar-refractivity contribution in [1.29, 1.82) is 0 Å². The number of nitrogens with zero attached hydrogens (tertiary/aromatic N) is 2. The summed E-state index contributed by atoms with van der Waals surface area (Å²) in [7, 11) is 0. The van der Waals surface area contributed by atoms with Gasteiger partial charge in [0.1, 0.15) is 13.2 Å². The van der Waals surface area contributed by atoms with Gasteiger partial charge in [0.25, 0.3) is 0 Å². The molecular weight excluding hydrogens is 500 g/mol. The van der Waals surface area contributed by atoms with Crippen LogP contribution in [0, 0.1) is 0 Å². The van der Waals surface area contributed by atoms with Gasteiger partial charge >= 0.3 is 6.09 Å². The first-order valence-electron chi connectivity index (χ1n) is 14.0. The van der Waals surface area contributed by atoms with Gasteiger partial charge < -0.3 is 14.7 Å². The van der Waals surface area contributed by atoms with Crippen LogP contribution in [0.4, 0.5) is 4.79 Å². The van der Waals surface area contributed by atoms with E-state index in [4.69, 9.17) is 9.84 Å². The van der Waals surface area contributed by atoms with E-state index in [0.29, 0.717) is 26.2 Å². The van der Waals surface area contributed by atoms with E-state index in [0.717, 1.165) is 43.5 Å². The topological polar surface area (TPSA) is 70.1 Å². The second-order valence-corrected chi connectivity index (χ2v) is 10.4. The number of carbonyl (C=O) groups is 2. The molecule has 3 aromatic rings. The van der Waals surface area contributed by atoms with E-state index < -0.39 is 6.61 Å². The molecule has 1 aliphatic carbocycles. The first kappa shape index (κ1) is 27.6. The van der Waals surface area contributed by atoms with Crippen LogP contribution in [-0.4, -0.2) is 59.6 Å². The molecule has 0 spiro atoms. The van der Waals surface area contributed by atoms with Gasteiger partial charge in [-0.15, -0.1) is 0 Å². The van der Waals surface area contributed by atoms with E-state index in [-0.39, 0.29) is 11.9 Å². The molecule has 206 valence electrons. The fraction of sp³-hybridized carbons (Fsp3) is 0.294. The molecule has 0 unspecified atom stereocenters. The highest BCUT2D eigenvalue weighted by atomic mass is 16.6. The number of aliphatic hydroxyl groups is 1. The minimum atomic E-state index is -0.486. The maximum absolute atomic E-state index is 12.9. The molecule has 0 saturated heterocycles. The largest absolute Gasteiger partial charge is 0.448 e. The highest BCUT2D eigenvalue weighted by Crippen LogP contribution is 2.29. The van der Waals surface area contributed by atoms with Gasteiger partial charge in [-0.25, -0.2) is 4.79 Å². The Labute approximate surface area is 236 Å². The summed E-state index contributed by atoms with van der Waals surface area (Å²) in [4.78, 5) is 28.3. The molecule has 0 saturated carbocycles. The van der Waals surface area contributed by atoms with Gasteiger partial charge in [0.05, 0.1) is 0 Å². The Morgan fingerprint density at radius 2 is 1.68 bits per heavy atom. The fourth-order valence-electron chi connectivity index (χ4n) is 5.38. The minimum Gasteiger partial charge on any atom is -0.448 e. The standard InChI is InChI=1S/C34H36N2O4/c37-25-32(38)16-13-26-9-11-27(12-10-26)23-35(19-17-30-15-14-29-6-3-4-8-33(29)30)21-22-40-34(39)36-20-18-28-5-1-2-7-31(28)24-36/h1-13,15-16,37H,14,17-25H2/b16-13+. The van der Waals surface area contributed by atoms with Crippen molar-refractivity contribution in [2.24, 2.45) is 0 Å². The third-order valence-electron chi connectivity index (χ3n) is 7.65. The van der Waals surface area contributed by atoms with Crippen molar-refractivity contribution in [3.8, 4) is 0 Å². The van der Waals surface area contributed by atoms with E-state index in [1.54, 1.807) is 11.0 Å². The number of benzene rings is 3. The lowest BCUT2D eigenvalue weighted by molar-refractivity contribution is -0.117. The predicted molar refractivity (Wildman–Crippen MR) is 157 cm³/mol. The van der Waals surface area contributed by atoms with E-state index in [1.807, 2.05) is 24.3 Å². The molecule has 0 fully saturated rings. The van der Waals surface area contributed by atoms with E-state index in [1.165, 1.54) is 33.9 Å². The smallest absolute Gasteiger partial charge is 0.410 e. The van der Waals surface area contributed by atoms with Crippen LogP contribution < -0.4 is 0 Å². The number of hydrogen-bond donors (Lipinski definition) is 1. The monoisotopic (exact) mass is 536 g/mol. The summed E-state index contributed by atoms with van der Waals surface area (Å²) < 4.78 is 5.75. The third kappa shape index (κ3) is 7.14. The highest BCUT2D eigenvalue weighted by molar-refractivity contribution is 5.94. The molecule has 6 heteroatoms. The van der Waals surface area contributed by atoms with Crippen LogP contribution in [0.15, 0.2) is 84.9 Å². The van der Waals surface area contributed by atoms with Crippen molar-refractivity contribution < 1.29 is 19.4 Å². The molecule has 6 nitrogen and oxygen atoms in total. The Bertz CT molecular complexity index is 1390. The molecular formula is C34H36N2O4. The lowest BCUT2D eigenvalue weighted by Crippen LogP contribution is -2.38. The zero-order valence-electron chi connectivity index (χ0n) is 22.8. The summed E-state index contributed by atoms with van der Waals surface area (Å²) in [5.74, 6) is -0.318. The minimum absolute atomic E-state index is 0.254. The molecule has 5 rings (SSSR count). The second kappa shape index (κ2) is 13.4. The Hall–Kier alpha value is -4.00. The summed E-state index contributed by atoms with van der Waals surface area (Å²) >= 11 is 0. The van der Waals surface area contributed by atoms with Gasteiger partial charge in [-0.05, 0) is 64.3 Å². The number of carbonyl (C=O) groups excluding carboxylic acids is 2. The van der Waals surface area contributed by atoms with Crippen molar-refractivity contribution >= 4 is 23.5 Å². The summed E-state index contributed by atoms with van der Waals surface area (Å²) in [6.45, 7) is 3.33. The van der Waals surface area contributed by atoms with Crippen LogP contribution >= 0.6 is 0 Å². The number of ketones is 1. The van der Waals surface area contributed by atoms with E-state index >= 15 is 0 Å². The molecule has 3 aromatic carbocycles. The van der Waals surface area contributed by atoms with Crippen molar-refractivity contribution in [2.45, 2.75) is 32.4 Å². The van der Waals surface area contributed by atoms with E-state index in [9.17, 15) is 9.59 Å². The van der Waals surface area contributed by atoms with Crippen molar-refractivity contribution in [2.75, 3.05) is 32.8 Å². The van der Waals surface area contributed by atoms with Crippen LogP contribution in [0.2, 0.25) is 0 Å². The molecule has 1 heterocycles. The number of ether oxygens (including phenoxy) is 1. The molecule has 2 aliphatic rings. The molecule has 40 heavy (non-hydrogen) atoms. The number of hydrogen-bond acceptors (Lipinski definition) is 5. The van der Waals surface area contributed by atoms with Gasteiger partial charge in [0.15, 0.2) is 5.78 Å². The summed E-state index contributed by atoms with van der Waals surface area (Å²) in [6, 6.07) is 24.9. The Morgan fingerprint density at radius 1 is 0.925 bits per heavy atom. The molecule has 1 aliphatic heterocycles. The Kier molecular flexibility index (Phi) is 9.22. The summed E-state index contributed by atoms with van der Waals surface area (Å²) in [5.41, 5.74) is 8.64. The van der Waals surface area contributed by atoms with Crippen molar-refractivity contribution in [1.82, 2.24) is 9.80 Å². The number of aliphatic hydroxyl groups excluding tert-OH is 1. The number of rotatable bonds is 11. The molecule has 0 radical (unpaired) electrons. The lowest BCUT2D eigenvalue weighted by Gasteiger charge is -2.29. The predicted octanol–water partition coefficient (Wildman–Crippen LogP) is 5.29. The molecule has 1 N–H and O–H groups in total. The molecule has 0 atom stereocenters. The van der Waals surface area contributed by atoms with Gasteiger partial charge in [0, 0.05) is 32.7 Å². The third-order valence-corrected chi connectivity index (χ3v) is 7.65. The van der Waals surface area contributed by atoms with E-state index in [2.05, 4.69) is 59.5 Å². The number of amides is 1. The second-order valence-electron chi connectivity index (χ2n) is 10.4. The first-order valence-corrected chi connectivity index (χ1v) is 14.0. The van der Waals surface area contributed by atoms with Gasteiger partial charge in [-0.1, -0.05) is 84.9 Å². The van der Waals surface area contributed by atoms with Crippen molar-refractivity contribution in [3.63, 3.8) is 0 Å². The maximum Gasteiger partial charge on any atom is 0.410 e. The van der Waals surface area contributed by atoms with Crippen LogP contribution in [0.1, 0.15) is 39.8 Å². The summed E-state index contributed by atoms with van der Waals surface area (Å²) in [5, 5.41) is 8.91. The Balaban J connectivity index is 1.19. The zero-order valence-corrected chi connectivity index (χ0v) is 22.8. The van der Waals surface area contributed by atoms with Crippen LogP contribution in [0.3, 0.4) is 0 Å². The lowest BCUT2D eigenvalue weighted by atomic mass is 10.0. The summed E-state index contributed by atoms with van der Waals surface area (Å²) in [6.07, 6.45) is 7.94. The average Bonchev–Trinajstić information content (AvgIpc) is 3.42. The zero-order chi connectivity index (χ0) is 27.7. The van der Waals surface area contributed by atoms with Gasteiger partial charge in [-0.2, -0.15) is 0 Å².